The number of Topliss-reactive ketones (excluding diaryl/α,β-unsaturated/α-hetero) is 1. The highest BCUT2D eigenvalue weighted by molar-refractivity contribution is 5.87. The van der Waals surface area contributed by atoms with Crippen LogP contribution in [0.15, 0.2) is 0 Å². The summed E-state index contributed by atoms with van der Waals surface area (Å²) >= 11 is 0. The number of alkyl carbamates (subject to hydrolysis) is 1. The van der Waals surface area contributed by atoms with Gasteiger partial charge < -0.3 is 10.1 Å². The zero-order chi connectivity index (χ0) is 13.1. The third kappa shape index (κ3) is 4.02. The van der Waals surface area contributed by atoms with Crippen molar-refractivity contribution >= 4 is 11.9 Å². The Morgan fingerprint density at radius 3 is 2.29 bits per heavy atom. The second kappa shape index (κ2) is 5.52. The van der Waals surface area contributed by atoms with Crippen LogP contribution in [0.4, 0.5) is 4.79 Å². The molecule has 0 radical (unpaired) electrons. The number of rotatable bonds is 4. The average Bonchev–Trinajstić information content (AvgIpc) is 2.17. The fourth-order valence-corrected chi connectivity index (χ4v) is 1.78. The monoisotopic (exact) mass is 241 g/mol. The second-order valence-electron chi connectivity index (χ2n) is 5.72. The highest BCUT2D eigenvalue weighted by Crippen LogP contribution is 2.24. The van der Waals surface area contributed by atoms with Crippen molar-refractivity contribution in [3.8, 4) is 0 Å². The molecular weight excluding hydrogens is 218 g/mol. The van der Waals surface area contributed by atoms with Crippen molar-refractivity contribution < 1.29 is 14.3 Å². The fourth-order valence-electron chi connectivity index (χ4n) is 1.78. The number of amides is 1. The molecule has 0 saturated heterocycles. The first-order valence-electron chi connectivity index (χ1n) is 6.34. The first kappa shape index (κ1) is 14.0. The van der Waals surface area contributed by atoms with E-state index in [0.29, 0.717) is 6.42 Å². The van der Waals surface area contributed by atoms with Crippen molar-refractivity contribution in [3.63, 3.8) is 0 Å². The largest absolute Gasteiger partial charge is 0.446 e. The molecule has 1 aliphatic rings. The smallest absolute Gasteiger partial charge is 0.408 e. The van der Waals surface area contributed by atoms with Gasteiger partial charge in [0.2, 0.25) is 0 Å². The molecule has 1 atom stereocenters. The van der Waals surface area contributed by atoms with Gasteiger partial charge in [-0.2, -0.15) is 0 Å². The predicted octanol–water partition coefficient (Wildman–Crippen LogP) is 2.66. The Kier molecular flexibility index (Phi) is 4.54. The molecule has 1 saturated carbocycles. The van der Waals surface area contributed by atoms with Crippen molar-refractivity contribution in [3.05, 3.63) is 0 Å². The number of nitrogens with one attached hydrogen (secondary N) is 1. The summed E-state index contributed by atoms with van der Waals surface area (Å²) in [6.45, 7) is 7.62. The fraction of sp³-hybridized carbons (Fsp3) is 0.846. The summed E-state index contributed by atoms with van der Waals surface area (Å²) in [5.74, 6) is 0.0445. The van der Waals surface area contributed by atoms with E-state index in [1.165, 1.54) is 0 Å². The number of carbonyl (C=O) groups excluding carboxylic acids is 2. The molecule has 0 bridgehead atoms. The third-order valence-electron chi connectivity index (χ3n) is 3.12. The van der Waals surface area contributed by atoms with Crippen LogP contribution in [0.5, 0.6) is 0 Å². The molecule has 0 aliphatic heterocycles. The number of hydrogen-bond donors (Lipinski definition) is 1. The summed E-state index contributed by atoms with van der Waals surface area (Å²) < 4.78 is 5.20. The van der Waals surface area contributed by atoms with Gasteiger partial charge in [-0.25, -0.2) is 4.79 Å². The highest BCUT2D eigenvalue weighted by atomic mass is 16.6. The molecule has 0 aromatic heterocycles. The molecule has 1 N–H and O–H groups in total. The average molecular weight is 241 g/mol. The minimum Gasteiger partial charge on any atom is -0.446 e. The Hall–Kier alpha value is -1.06. The van der Waals surface area contributed by atoms with E-state index in [2.05, 4.69) is 5.32 Å². The van der Waals surface area contributed by atoms with Crippen LogP contribution in [0, 0.1) is 5.41 Å². The normalized spacial score (nSPS) is 18.1. The van der Waals surface area contributed by atoms with E-state index in [1.54, 1.807) is 6.92 Å². The Balaban J connectivity index is 2.53. The van der Waals surface area contributed by atoms with E-state index in [9.17, 15) is 9.59 Å². The minimum atomic E-state index is -0.472. The molecule has 4 nitrogen and oxygen atoms in total. The Morgan fingerprint density at radius 1 is 1.35 bits per heavy atom. The van der Waals surface area contributed by atoms with Gasteiger partial charge in [-0.3, -0.25) is 4.79 Å². The van der Waals surface area contributed by atoms with Crippen LogP contribution >= 0.6 is 0 Å². The van der Waals surface area contributed by atoms with Crippen LogP contribution in [0.2, 0.25) is 0 Å². The molecule has 1 amide bonds. The summed E-state index contributed by atoms with van der Waals surface area (Å²) in [5.41, 5.74) is -0.286. The Labute approximate surface area is 103 Å². The van der Waals surface area contributed by atoms with Crippen LogP contribution in [0.25, 0.3) is 0 Å². The maximum absolute atomic E-state index is 11.8. The molecule has 0 unspecified atom stereocenters. The van der Waals surface area contributed by atoms with E-state index < -0.39 is 12.1 Å². The SMILES string of the molecule is CCC(=O)[C@@H](NC(=O)OC1CCC1)C(C)(C)C. The molecule has 1 aliphatic carbocycles. The molecule has 1 fully saturated rings. The van der Waals surface area contributed by atoms with Crippen molar-refractivity contribution in [1.29, 1.82) is 0 Å². The topological polar surface area (TPSA) is 55.4 Å². The van der Waals surface area contributed by atoms with E-state index in [-0.39, 0.29) is 17.3 Å². The standard InChI is InChI=1S/C13H23NO3/c1-5-10(15)11(13(2,3)4)14-12(16)17-9-7-6-8-9/h9,11H,5-8H2,1-4H3,(H,14,16)/t11-/m1/s1. The highest BCUT2D eigenvalue weighted by Gasteiger charge is 2.33. The molecule has 0 spiro atoms. The number of carbonyl (C=O) groups is 2. The lowest BCUT2D eigenvalue weighted by atomic mass is 9.83. The zero-order valence-electron chi connectivity index (χ0n) is 11.2. The molecule has 0 aromatic rings. The molecule has 98 valence electrons. The number of hydrogen-bond acceptors (Lipinski definition) is 3. The first-order chi connectivity index (χ1) is 7.84. The maximum atomic E-state index is 11.8. The van der Waals surface area contributed by atoms with Gasteiger partial charge in [-0.05, 0) is 24.7 Å². The molecule has 4 heteroatoms. The summed E-state index contributed by atoms with van der Waals surface area (Å²) in [6, 6.07) is -0.472. The molecule has 0 aromatic carbocycles. The van der Waals surface area contributed by atoms with Crippen LogP contribution < -0.4 is 5.32 Å². The Bertz CT molecular complexity index is 290. The third-order valence-corrected chi connectivity index (χ3v) is 3.12. The van der Waals surface area contributed by atoms with Gasteiger partial charge in [0.15, 0.2) is 5.78 Å². The lowest BCUT2D eigenvalue weighted by Crippen LogP contribution is -2.50. The molecule has 1 rings (SSSR count). The van der Waals surface area contributed by atoms with Gasteiger partial charge in [-0.1, -0.05) is 27.7 Å². The predicted molar refractivity (Wildman–Crippen MR) is 65.8 cm³/mol. The lowest BCUT2D eigenvalue weighted by Gasteiger charge is -2.31. The zero-order valence-corrected chi connectivity index (χ0v) is 11.2. The van der Waals surface area contributed by atoms with Gasteiger partial charge in [0.1, 0.15) is 6.10 Å². The van der Waals surface area contributed by atoms with Gasteiger partial charge in [0.05, 0.1) is 6.04 Å². The van der Waals surface area contributed by atoms with Gasteiger partial charge in [0, 0.05) is 6.42 Å². The van der Waals surface area contributed by atoms with Gasteiger partial charge in [0.25, 0.3) is 0 Å². The summed E-state index contributed by atoms with van der Waals surface area (Å²) in [7, 11) is 0. The summed E-state index contributed by atoms with van der Waals surface area (Å²) in [4.78, 5) is 23.4. The van der Waals surface area contributed by atoms with Crippen molar-refractivity contribution in [2.24, 2.45) is 5.41 Å². The summed E-state index contributed by atoms with van der Waals surface area (Å²) in [6.07, 6.45) is 3.01. The van der Waals surface area contributed by atoms with Crippen molar-refractivity contribution in [2.45, 2.75) is 65.5 Å². The lowest BCUT2D eigenvalue weighted by molar-refractivity contribution is -0.123. The number of ether oxygens (including phenoxy) is 1. The van der Waals surface area contributed by atoms with Gasteiger partial charge >= 0.3 is 6.09 Å². The first-order valence-corrected chi connectivity index (χ1v) is 6.34. The number of ketones is 1. The maximum Gasteiger partial charge on any atom is 0.408 e. The van der Waals surface area contributed by atoms with Crippen LogP contribution in [0.1, 0.15) is 53.4 Å². The molecule has 17 heavy (non-hydrogen) atoms. The second-order valence-corrected chi connectivity index (χ2v) is 5.72. The Morgan fingerprint density at radius 2 is 1.94 bits per heavy atom. The van der Waals surface area contributed by atoms with E-state index in [0.717, 1.165) is 19.3 Å². The van der Waals surface area contributed by atoms with Crippen molar-refractivity contribution in [2.75, 3.05) is 0 Å². The van der Waals surface area contributed by atoms with E-state index >= 15 is 0 Å². The van der Waals surface area contributed by atoms with Crippen LogP contribution in [0.3, 0.4) is 0 Å². The van der Waals surface area contributed by atoms with Crippen molar-refractivity contribution in [1.82, 2.24) is 5.32 Å². The van der Waals surface area contributed by atoms with Gasteiger partial charge in [-0.15, -0.1) is 0 Å². The van der Waals surface area contributed by atoms with Crippen LogP contribution in [-0.4, -0.2) is 24.0 Å². The molecular formula is C13H23NO3. The van der Waals surface area contributed by atoms with E-state index in [4.69, 9.17) is 4.74 Å². The molecule has 0 heterocycles. The quantitative estimate of drug-likeness (QED) is 0.823. The van der Waals surface area contributed by atoms with E-state index in [1.807, 2.05) is 20.8 Å². The van der Waals surface area contributed by atoms with Crippen LogP contribution in [-0.2, 0) is 9.53 Å². The minimum absolute atomic E-state index is 0.0445. The summed E-state index contributed by atoms with van der Waals surface area (Å²) in [5, 5.41) is 2.70.